The molecule has 4 aliphatic rings. The van der Waals surface area contributed by atoms with Crippen LogP contribution < -0.4 is 0 Å². The van der Waals surface area contributed by atoms with Gasteiger partial charge in [-0.05, 0) is 81.5 Å². The van der Waals surface area contributed by atoms with E-state index < -0.39 is 0 Å². The van der Waals surface area contributed by atoms with Gasteiger partial charge in [-0.3, -0.25) is 4.90 Å². The third kappa shape index (κ3) is 1.68. The molecule has 1 saturated heterocycles. The van der Waals surface area contributed by atoms with Gasteiger partial charge in [-0.2, -0.15) is 0 Å². The van der Waals surface area contributed by atoms with Gasteiger partial charge in [0.15, 0.2) is 0 Å². The van der Waals surface area contributed by atoms with Gasteiger partial charge in [0.05, 0.1) is 0 Å². The number of nitrogens with zero attached hydrogens (tertiary/aromatic N) is 1. The topological polar surface area (TPSA) is 3.24 Å². The number of hydrogen-bond donors (Lipinski definition) is 0. The van der Waals surface area contributed by atoms with Crippen molar-refractivity contribution in [3.05, 3.63) is 0 Å². The Bertz CT molecular complexity index is 438. The summed E-state index contributed by atoms with van der Waals surface area (Å²) in [5.41, 5.74) is 1.46. The van der Waals surface area contributed by atoms with Crippen LogP contribution in [0.3, 0.4) is 0 Å². The second-order valence-electron chi connectivity index (χ2n) is 10.7. The molecule has 0 radical (unpaired) electrons. The van der Waals surface area contributed by atoms with Gasteiger partial charge in [0, 0.05) is 17.6 Å². The number of likely N-dealkylation sites (tertiary alicyclic amines) is 1. The van der Waals surface area contributed by atoms with Gasteiger partial charge in [-0.15, -0.1) is 0 Å². The molecule has 1 aliphatic heterocycles. The van der Waals surface area contributed by atoms with Crippen molar-refractivity contribution in [3.8, 4) is 0 Å². The maximum Gasteiger partial charge on any atom is 0.0189 e. The van der Waals surface area contributed by atoms with E-state index in [4.69, 9.17) is 0 Å². The Morgan fingerprint density at radius 3 is 2.29 bits per heavy atom. The van der Waals surface area contributed by atoms with Gasteiger partial charge in [0.1, 0.15) is 0 Å². The van der Waals surface area contributed by atoms with Crippen LogP contribution in [0.4, 0.5) is 0 Å². The molecule has 0 N–H and O–H groups in total. The van der Waals surface area contributed by atoms with E-state index in [1.165, 1.54) is 19.3 Å². The van der Waals surface area contributed by atoms with Crippen LogP contribution in [0.1, 0.15) is 80.1 Å². The van der Waals surface area contributed by atoms with Crippen molar-refractivity contribution in [2.75, 3.05) is 0 Å². The molecule has 1 heteroatoms. The molecule has 0 aromatic carbocycles. The first-order chi connectivity index (χ1) is 9.67. The average molecular weight is 290 g/mol. The normalized spacial score (nSPS) is 49.7. The number of rotatable bonds is 0. The quantitative estimate of drug-likeness (QED) is 0.599. The second kappa shape index (κ2) is 4.08. The molecule has 1 spiro atoms. The summed E-state index contributed by atoms with van der Waals surface area (Å²) >= 11 is 0. The lowest BCUT2D eigenvalue weighted by molar-refractivity contribution is 0.00162. The zero-order valence-electron chi connectivity index (χ0n) is 15.1. The molecule has 3 saturated carbocycles. The van der Waals surface area contributed by atoms with Gasteiger partial charge >= 0.3 is 0 Å². The van der Waals surface area contributed by atoms with Crippen LogP contribution in [0, 0.1) is 28.6 Å². The predicted molar refractivity (Wildman–Crippen MR) is 89.2 cm³/mol. The molecule has 3 aliphatic carbocycles. The Kier molecular flexibility index (Phi) is 2.82. The van der Waals surface area contributed by atoms with Gasteiger partial charge < -0.3 is 0 Å². The van der Waals surface area contributed by atoms with E-state index in [1.54, 1.807) is 19.3 Å². The zero-order valence-corrected chi connectivity index (χ0v) is 15.1. The van der Waals surface area contributed by atoms with E-state index in [0.29, 0.717) is 16.4 Å². The molecule has 6 unspecified atom stereocenters. The van der Waals surface area contributed by atoms with E-state index in [0.717, 1.165) is 29.8 Å². The van der Waals surface area contributed by atoms with E-state index >= 15 is 0 Å². The highest BCUT2D eigenvalue weighted by Gasteiger charge is 2.72. The summed E-state index contributed by atoms with van der Waals surface area (Å²) in [6.45, 7) is 15.0. The van der Waals surface area contributed by atoms with Crippen LogP contribution in [0.15, 0.2) is 0 Å². The summed E-state index contributed by atoms with van der Waals surface area (Å²) in [5, 5.41) is 0. The van der Waals surface area contributed by atoms with Crippen molar-refractivity contribution >= 4 is 0 Å². The standard InChI is InChI=1S/C20H35N/c1-18(2,3)17-16-13-9-10-14(12-13)20(16)11-7-8-15(20)21(17)19(4,5)6/h13-17H,7-12H2,1-6H3. The highest BCUT2D eigenvalue weighted by molar-refractivity contribution is 5.24. The molecule has 6 atom stereocenters. The van der Waals surface area contributed by atoms with Gasteiger partial charge in [-0.1, -0.05) is 27.2 Å². The van der Waals surface area contributed by atoms with Crippen LogP contribution in [0.5, 0.6) is 0 Å². The van der Waals surface area contributed by atoms with Crippen molar-refractivity contribution in [1.29, 1.82) is 0 Å². The number of hydrogen-bond acceptors (Lipinski definition) is 1. The van der Waals surface area contributed by atoms with Crippen molar-refractivity contribution in [2.24, 2.45) is 28.6 Å². The second-order valence-corrected chi connectivity index (χ2v) is 10.7. The smallest absolute Gasteiger partial charge is 0.0189 e. The van der Waals surface area contributed by atoms with Crippen LogP contribution in [0.2, 0.25) is 0 Å². The van der Waals surface area contributed by atoms with E-state index in [1.807, 2.05) is 0 Å². The largest absolute Gasteiger partial charge is 0.291 e. The molecule has 4 fully saturated rings. The minimum atomic E-state index is 0.323. The van der Waals surface area contributed by atoms with Crippen LogP contribution in [-0.4, -0.2) is 22.5 Å². The Balaban J connectivity index is 1.86. The average Bonchev–Trinajstić information content (AvgIpc) is 3.00. The van der Waals surface area contributed by atoms with Crippen LogP contribution in [0.25, 0.3) is 0 Å². The first kappa shape index (κ1) is 14.5. The third-order valence-corrected chi connectivity index (χ3v) is 7.71. The summed E-state index contributed by atoms with van der Waals surface area (Å²) in [6, 6.07) is 1.69. The Labute approximate surface area is 131 Å². The fourth-order valence-corrected chi connectivity index (χ4v) is 7.60. The molecule has 0 aromatic heterocycles. The van der Waals surface area contributed by atoms with Gasteiger partial charge in [-0.25, -0.2) is 0 Å². The molecule has 21 heavy (non-hydrogen) atoms. The molecule has 1 nitrogen and oxygen atoms in total. The fourth-order valence-electron chi connectivity index (χ4n) is 7.60. The maximum absolute atomic E-state index is 3.02. The molecule has 0 amide bonds. The lowest BCUT2D eigenvalue weighted by Crippen LogP contribution is -2.55. The summed E-state index contributed by atoms with van der Waals surface area (Å²) in [6.07, 6.45) is 9.17. The summed E-state index contributed by atoms with van der Waals surface area (Å²) in [4.78, 5) is 3.02. The highest BCUT2D eigenvalue weighted by Crippen LogP contribution is 2.73. The molecule has 1 heterocycles. The number of fused-ring (bicyclic) bond motifs is 3. The van der Waals surface area contributed by atoms with Gasteiger partial charge in [0.2, 0.25) is 0 Å². The minimum absolute atomic E-state index is 0.323. The lowest BCUT2D eigenvalue weighted by atomic mass is 9.61. The Hall–Kier alpha value is -0.0400. The van der Waals surface area contributed by atoms with Crippen molar-refractivity contribution in [3.63, 3.8) is 0 Å². The molecular formula is C20H35N. The summed E-state index contributed by atoms with van der Waals surface area (Å²) in [5.74, 6) is 3.12. The molecular weight excluding hydrogens is 254 g/mol. The monoisotopic (exact) mass is 289 g/mol. The van der Waals surface area contributed by atoms with Crippen molar-refractivity contribution in [2.45, 2.75) is 97.7 Å². The minimum Gasteiger partial charge on any atom is -0.291 e. The summed E-state index contributed by atoms with van der Waals surface area (Å²) in [7, 11) is 0. The van der Waals surface area contributed by atoms with Crippen LogP contribution >= 0.6 is 0 Å². The van der Waals surface area contributed by atoms with Crippen molar-refractivity contribution < 1.29 is 0 Å². The third-order valence-electron chi connectivity index (χ3n) is 7.71. The highest BCUT2D eigenvalue weighted by atomic mass is 15.3. The Morgan fingerprint density at radius 1 is 0.952 bits per heavy atom. The molecule has 0 aromatic rings. The fraction of sp³-hybridized carbons (Fsp3) is 1.00. The van der Waals surface area contributed by atoms with Crippen LogP contribution in [-0.2, 0) is 0 Å². The van der Waals surface area contributed by atoms with Crippen molar-refractivity contribution in [1.82, 2.24) is 4.90 Å². The summed E-state index contributed by atoms with van der Waals surface area (Å²) < 4.78 is 0. The molecule has 120 valence electrons. The lowest BCUT2D eigenvalue weighted by Gasteiger charge is -2.48. The van der Waals surface area contributed by atoms with E-state index in [9.17, 15) is 0 Å². The molecule has 2 bridgehead atoms. The maximum atomic E-state index is 3.02. The first-order valence-corrected chi connectivity index (χ1v) is 9.46. The Morgan fingerprint density at radius 2 is 1.67 bits per heavy atom. The SMILES string of the molecule is CC(C)(C)C1C2C3CCC(C3)C23CCCC3N1C(C)(C)C. The zero-order chi connectivity index (χ0) is 15.2. The predicted octanol–water partition coefficient (Wildman–Crippen LogP) is 5.10. The van der Waals surface area contributed by atoms with E-state index in [-0.39, 0.29) is 0 Å². The van der Waals surface area contributed by atoms with Gasteiger partial charge in [0.25, 0.3) is 0 Å². The first-order valence-electron chi connectivity index (χ1n) is 9.46. The molecule has 4 rings (SSSR count). The van der Waals surface area contributed by atoms with E-state index in [2.05, 4.69) is 46.4 Å².